The van der Waals surface area contributed by atoms with E-state index in [1.54, 1.807) is 0 Å². The van der Waals surface area contributed by atoms with Crippen molar-refractivity contribution >= 4 is 28.3 Å². The van der Waals surface area contributed by atoms with Crippen molar-refractivity contribution in [2.75, 3.05) is 0 Å². The van der Waals surface area contributed by atoms with Crippen molar-refractivity contribution in [2.24, 2.45) is 0 Å². The Morgan fingerprint density at radius 1 is 1.00 bits per heavy atom. The van der Waals surface area contributed by atoms with E-state index in [9.17, 15) is 0 Å². The van der Waals surface area contributed by atoms with Gasteiger partial charge in [0.15, 0.2) is 0 Å². The second-order valence-corrected chi connectivity index (χ2v) is 0. The third-order valence-corrected chi connectivity index (χ3v) is 0. The summed E-state index contributed by atoms with van der Waals surface area (Å²) in [6.07, 6.45) is 0. The summed E-state index contributed by atoms with van der Waals surface area (Å²) in [6, 6.07) is 0. The van der Waals surface area contributed by atoms with Gasteiger partial charge < -0.3 is 0 Å². The summed E-state index contributed by atoms with van der Waals surface area (Å²) >= 11 is 0. The minimum atomic E-state index is 0. The number of rotatable bonds is 0. The topological polar surface area (TPSA) is 0 Å². The van der Waals surface area contributed by atoms with Crippen LogP contribution >= 0.6 is 0 Å². The fraction of sp³-hybridized carbons (Fsp3) is 0. The van der Waals surface area contributed by atoms with Crippen LogP contribution in [0.4, 0.5) is 0 Å². The van der Waals surface area contributed by atoms with Gasteiger partial charge in [-0.25, -0.2) is 0 Å². The zero-order chi connectivity index (χ0) is 0. The second-order valence-electron chi connectivity index (χ2n) is 0. The number of hydrogen-bond acceptors (Lipinski definition) is 0. The maximum atomic E-state index is 0. The molecule has 0 fully saturated rings. The Labute approximate surface area is 78.0 Å². The largest absolute Gasteiger partial charge is 0 e. The summed E-state index contributed by atoms with van der Waals surface area (Å²) in [5.41, 5.74) is 0. The first-order valence-corrected chi connectivity index (χ1v) is 0. The smallest absolute Gasteiger partial charge is 0 e. The molecule has 0 aliphatic carbocycles. The van der Waals surface area contributed by atoms with Crippen LogP contribution in [0.2, 0.25) is 0 Å². The van der Waals surface area contributed by atoms with E-state index in [1.165, 1.54) is 0 Å². The molecule has 0 aliphatic heterocycles. The Kier molecular flexibility index (Phi) is 375. The molecule has 8 radical (unpaired) electrons. The van der Waals surface area contributed by atoms with Gasteiger partial charge in [0.05, 0.1) is 0 Å². The van der Waals surface area contributed by atoms with Crippen LogP contribution in [0.25, 0.3) is 0 Å². The van der Waals surface area contributed by atoms with E-state index in [2.05, 4.69) is 0 Å². The van der Waals surface area contributed by atoms with Gasteiger partial charge in [-0.2, -0.15) is 0 Å². The first kappa shape index (κ1) is 55.5. The van der Waals surface area contributed by atoms with E-state index in [1.807, 2.05) is 0 Å². The van der Waals surface area contributed by atoms with E-state index < -0.39 is 0 Å². The Bertz CT molecular complexity index is 11.6. The first-order valence-electron chi connectivity index (χ1n) is 0. The molecular formula is AlCoFeNiSi. The Hall–Kier alpha value is 2.27. The van der Waals surface area contributed by atoms with Gasteiger partial charge in [-0.15, -0.1) is 0 Å². The molecule has 0 aromatic rings. The van der Waals surface area contributed by atoms with Gasteiger partial charge in [-0.05, 0) is 0 Å². The molecule has 0 saturated carbocycles. The molecule has 0 aromatic carbocycles. The molecule has 0 nitrogen and oxygen atoms in total. The summed E-state index contributed by atoms with van der Waals surface area (Å²) < 4.78 is 0. The average molecular weight is 229 g/mol. The molecule has 5 heavy (non-hydrogen) atoms. The van der Waals surface area contributed by atoms with Crippen LogP contribution in [0.5, 0.6) is 0 Å². The molecule has 0 N–H and O–H groups in total. The molecule has 0 saturated heterocycles. The van der Waals surface area contributed by atoms with Gasteiger partial charge in [0.1, 0.15) is 0 Å². The number of hydrogen-bond donors (Lipinski definition) is 0. The van der Waals surface area contributed by atoms with Crippen LogP contribution in [0.1, 0.15) is 0 Å². The van der Waals surface area contributed by atoms with Gasteiger partial charge in [-0.1, -0.05) is 0 Å². The molecule has 0 heterocycles. The summed E-state index contributed by atoms with van der Waals surface area (Å²) in [4.78, 5) is 0. The van der Waals surface area contributed by atoms with Crippen LogP contribution < -0.4 is 0 Å². The molecule has 0 aromatic heterocycles. The molecule has 0 spiro atoms. The van der Waals surface area contributed by atoms with Crippen molar-refractivity contribution in [3.05, 3.63) is 0 Å². The molecule has 5 heteroatoms. The monoisotopic (exact) mass is 228 g/mol. The van der Waals surface area contributed by atoms with Gasteiger partial charge in [0.2, 0.25) is 0 Å². The van der Waals surface area contributed by atoms with Crippen molar-refractivity contribution in [3.8, 4) is 0 Å². The van der Waals surface area contributed by atoms with E-state index in [4.69, 9.17) is 0 Å². The molecule has 0 rings (SSSR count). The van der Waals surface area contributed by atoms with Crippen LogP contribution in [0, 0.1) is 0 Å². The SMILES string of the molecule is [Al].[Co].[Fe].[Ni].[Si]. The Balaban J connectivity index is 0. The molecular weight excluding hydrogens is 229 g/mol. The minimum Gasteiger partial charge on any atom is 0 e. The normalized spacial score (nSPS) is 0. The zero-order valence-electron chi connectivity index (χ0n) is 2.08. The Morgan fingerprint density at radius 3 is 1.00 bits per heavy atom. The van der Waals surface area contributed by atoms with Crippen LogP contribution in [-0.2, 0) is 50.3 Å². The average Bonchev–Trinajstić information content (AvgIpc) is 0. The van der Waals surface area contributed by atoms with Crippen molar-refractivity contribution in [1.29, 1.82) is 0 Å². The summed E-state index contributed by atoms with van der Waals surface area (Å²) in [7, 11) is 0. The summed E-state index contributed by atoms with van der Waals surface area (Å²) in [5.74, 6) is 0. The Morgan fingerprint density at radius 2 is 1.00 bits per heavy atom. The molecule has 0 unspecified atom stereocenters. The molecule has 34 valence electrons. The third kappa shape index (κ3) is 22.2. The van der Waals surface area contributed by atoms with Crippen LogP contribution in [-0.4, -0.2) is 28.3 Å². The van der Waals surface area contributed by atoms with Crippen molar-refractivity contribution < 1.29 is 50.3 Å². The van der Waals surface area contributed by atoms with E-state index in [-0.39, 0.29) is 78.7 Å². The van der Waals surface area contributed by atoms with Crippen molar-refractivity contribution in [1.82, 2.24) is 0 Å². The zero-order valence-corrected chi connectivity index (χ0v) is 7.37. The van der Waals surface area contributed by atoms with Gasteiger partial charge in [-0.3, -0.25) is 0 Å². The predicted octanol–water partition coefficient (Wildman–Crippen LogP) is -0.769. The van der Waals surface area contributed by atoms with Crippen molar-refractivity contribution in [3.63, 3.8) is 0 Å². The van der Waals surface area contributed by atoms with E-state index in [0.29, 0.717) is 0 Å². The van der Waals surface area contributed by atoms with Crippen LogP contribution in [0.3, 0.4) is 0 Å². The molecule has 0 amide bonds. The fourth-order valence-electron chi connectivity index (χ4n) is 0. The third-order valence-electron chi connectivity index (χ3n) is 0. The fourth-order valence-corrected chi connectivity index (χ4v) is 0. The maximum Gasteiger partial charge on any atom is 0 e. The quantitative estimate of drug-likeness (QED) is 0.478. The molecule has 0 aliphatic rings. The maximum absolute atomic E-state index is 0. The van der Waals surface area contributed by atoms with Gasteiger partial charge in [0.25, 0.3) is 0 Å². The van der Waals surface area contributed by atoms with Gasteiger partial charge in [0, 0.05) is 78.7 Å². The van der Waals surface area contributed by atoms with E-state index in [0.717, 1.165) is 0 Å². The summed E-state index contributed by atoms with van der Waals surface area (Å²) in [6.45, 7) is 0. The molecule has 0 atom stereocenters. The van der Waals surface area contributed by atoms with Crippen LogP contribution in [0.15, 0.2) is 0 Å². The summed E-state index contributed by atoms with van der Waals surface area (Å²) in [5, 5.41) is 0. The predicted molar refractivity (Wildman–Crippen MR) is 11.5 cm³/mol. The van der Waals surface area contributed by atoms with E-state index >= 15 is 0 Å². The first-order chi connectivity index (χ1) is 0. The minimum absolute atomic E-state index is 0. The van der Waals surface area contributed by atoms with Crippen molar-refractivity contribution in [2.45, 2.75) is 0 Å². The standard InChI is InChI=1S/Al.Co.Fe.Ni.Si. The second kappa shape index (κ2) is 33.8. The van der Waals surface area contributed by atoms with Gasteiger partial charge >= 0.3 is 0 Å². The molecule has 0 bridgehead atoms.